The molecular formula is C25H23N3O2S. The van der Waals surface area contributed by atoms with Crippen molar-refractivity contribution in [1.82, 2.24) is 9.66 Å². The van der Waals surface area contributed by atoms with E-state index in [-0.39, 0.29) is 17.4 Å². The first-order valence-electron chi connectivity index (χ1n) is 10.1. The first kappa shape index (κ1) is 20.9. The van der Waals surface area contributed by atoms with Crippen LogP contribution in [0.15, 0.2) is 94.6 Å². The first-order chi connectivity index (χ1) is 15.1. The first-order valence-corrected chi connectivity index (χ1v) is 11.1. The monoisotopic (exact) mass is 429 g/mol. The summed E-state index contributed by atoms with van der Waals surface area (Å²) >= 11 is 1.63. The molecule has 0 aliphatic heterocycles. The highest BCUT2D eigenvalue weighted by Gasteiger charge is 2.26. The molecule has 0 fully saturated rings. The normalized spacial score (nSPS) is 11.9. The van der Waals surface area contributed by atoms with Gasteiger partial charge in [0.05, 0.1) is 16.6 Å². The fourth-order valence-corrected chi connectivity index (χ4v) is 4.33. The Kier molecular flexibility index (Phi) is 6.18. The fraction of sp³-hybridized carbons (Fsp3) is 0.160. The number of carbonyl (C=O) groups excluding carboxylic acids is 1. The Morgan fingerprint density at radius 1 is 0.968 bits per heavy atom. The van der Waals surface area contributed by atoms with E-state index in [1.807, 2.05) is 79.7 Å². The Bertz CT molecular complexity index is 1260. The summed E-state index contributed by atoms with van der Waals surface area (Å²) in [6.07, 6.45) is 0. The molecule has 0 saturated heterocycles. The van der Waals surface area contributed by atoms with Crippen LogP contribution < -0.4 is 10.6 Å². The number of fused-ring (bicyclic) bond motifs is 1. The number of rotatable bonds is 6. The predicted octanol–water partition coefficient (Wildman–Crippen LogP) is 4.93. The molecule has 4 aromatic rings. The summed E-state index contributed by atoms with van der Waals surface area (Å²) in [5.74, 6) is 0.588. The highest BCUT2D eigenvalue weighted by atomic mass is 32.2. The average molecular weight is 430 g/mol. The molecule has 0 aliphatic rings. The van der Waals surface area contributed by atoms with E-state index in [4.69, 9.17) is 0 Å². The van der Waals surface area contributed by atoms with E-state index < -0.39 is 0 Å². The number of hydrogen-bond donors (Lipinski definition) is 0. The molecule has 31 heavy (non-hydrogen) atoms. The van der Waals surface area contributed by atoms with Gasteiger partial charge in [0, 0.05) is 16.6 Å². The minimum atomic E-state index is -0.316. The summed E-state index contributed by atoms with van der Waals surface area (Å²) in [6.45, 7) is 3.64. The SMILES string of the molecule is Cc1nc2ccccc2c(=O)n1N(C(=O)[C@@H](C)CSc1ccccc1)c1ccccc1. The topological polar surface area (TPSA) is 55.2 Å². The molecule has 5 nitrogen and oxygen atoms in total. The van der Waals surface area contributed by atoms with Crippen molar-refractivity contribution in [2.75, 3.05) is 10.8 Å². The second-order valence-electron chi connectivity index (χ2n) is 7.30. The van der Waals surface area contributed by atoms with Crippen LogP contribution in [0.5, 0.6) is 0 Å². The van der Waals surface area contributed by atoms with Crippen LogP contribution in [0.4, 0.5) is 5.69 Å². The maximum atomic E-state index is 13.6. The Hall–Kier alpha value is -3.38. The number of anilines is 1. The van der Waals surface area contributed by atoms with Crippen LogP contribution in [0.1, 0.15) is 12.7 Å². The number of para-hydroxylation sites is 2. The van der Waals surface area contributed by atoms with Crippen LogP contribution in [0.2, 0.25) is 0 Å². The van der Waals surface area contributed by atoms with E-state index in [1.165, 1.54) is 9.69 Å². The molecule has 156 valence electrons. The number of aromatic nitrogens is 2. The van der Waals surface area contributed by atoms with Crippen molar-refractivity contribution >= 4 is 34.3 Å². The van der Waals surface area contributed by atoms with E-state index in [0.717, 1.165) is 4.90 Å². The van der Waals surface area contributed by atoms with Crippen LogP contribution in [-0.4, -0.2) is 21.3 Å². The highest BCUT2D eigenvalue weighted by Crippen LogP contribution is 2.24. The molecule has 3 aromatic carbocycles. The third-order valence-corrected chi connectivity index (χ3v) is 6.26. The van der Waals surface area contributed by atoms with Crippen molar-refractivity contribution in [2.24, 2.45) is 5.92 Å². The van der Waals surface area contributed by atoms with Crippen LogP contribution in [0.25, 0.3) is 10.9 Å². The van der Waals surface area contributed by atoms with Crippen molar-refractivity contribution < 1.29 is 4.79 Å². The fourth-order valence-electron chi connectivity index (χ4n) is 3.40. The zero-order chi connectivity index (χ0) is 21.8. The number of nitrogens with zero attached hydrogens (tertiary/aromatic N) is 3. The largest absolute Gasteiger partial charge is 0.280 e. The van der Waals surface area contributed by atoms with Gasteiger partial charge in [-0.2, -0.15) is 4.68 Å². The molecule has 0 radical (unpaired) electrons. The number of aryl methyl sites for hydroxylation is 1. The predicted molar refractivity (Wildman–Crippen MR) is 126 cm³/mol. The summed E-state index contributed by atoms with van der Waals surface area (Å²) < 4.78 is 1.39. The number of hydrogen-bond acceptors (Lipinski definition) is 4. The van der Waals surface area contributed by atoms with E-state index in [0.29, 0.717) is 28.2 Å². The van der Waals surface area contributed by atoms with Crippen molar-refractivity contribution in [3.05, 3.63) is 101 Å². The number of benzene rings is 3. The second kappa shape index (κ2) is 9.18. The minimum Gasteiger partial charge on any atom is -0.272 e. The van der Waals surface area contributed by atoms with Gasteiger partial charge in [-0.25, -0.2) is 9.99 Å². The van der Waals surface area contributed by atoms with Crippen LogP contribution >= 0.6 is 11.8 Å². The maximum Gasteiger partial charge on any atom is 0.280 e. The lowest BCUT2D eigenvalue weighted by atomic mass is 10.2. The molecule has 1 heterocycles. The van der Waals surface area contributed by atoms with E-state index in [9.17, 15) is 9.59 Å². The van der Waals surface area contributed by atoms with Crippen molar-refractivity contribution in [1.29, 1.82) is 0 Å². The van der Waals surface area contributed by atoms with E-state index in [1.54, 1.807) is 30.8 Å². The van der Waals surface area contributed by atoms with Gasteiger partial charge in [0.25, 0.3) is 5.56 Å². The molecule has 0 N–H and O–H groups in total. The number of carbonyl (C=O) groups is 1. The Morgan fingerprint density at radius 3 is 2.29 bits per heavy atom. The second-order valence-corrected chi connectivity index (χ2v) is 8.40. The molecule has 1 atom stereocenters. The van der Waals surface area contributed by atoms with Gasteiger partial charge in [0.1, 0.15) is 5.82 Å². The Balaban J connectivity index is 1.75. The molecule has 0 bridgehead atoms. The summed E-state index contributed by atoms with van der Waals surface area (Å²) in [7, 11) is 0. The summed E-state index contributed by atoms with van der Waals surface area (Å²) in [4.78, 5) is 32.7. The Morgan fingerprint density at radius 2 is 1.58 bits per heavy atom. The third-order valence-electron chi connectivity index (χ3n) is 4.99. The maximum absolute atomic E-state index is 13.6. The third kappa shape index (κ3) is 4.39. The lowest BCUT2D eigenvalue weighted by Crippen LogP contribution is -2.47. The molecule has 0 aliphatic carbocycles. The van der Waals surface area contributed by atoms with E-state index >= 15 is 0 Å². The summed E-state index contributed by atoms with van der Waals surface area (Å²) in [6, 6.07) is 26.4. The standard InChI is InChI=1S/C25H23N3O2S/c1-18(17-31-21-13-7-4-8-14-21)24(29)28(20-11-5-3-6-12-20)27-19(2)26-23-16-10-9-15-22(23)25(27)30/h3-16,18H,17H2,1-2H3/t18-/m0/s1. The van der Waals surface area contributed by atoms with Crippen LogP contribution in [0.3, 0.4) is 0 Å². The molecule has 1 amide bonds. The molecule has 0 spiro atoms. The van der Waals surface area contributed by atoms with Gasteiger partial charge in [-0.1, -0.05) is 55.5 Å². The van der Waals surface area contributed by atoms with Gasteiger partial charge in [-0.15, -0.1) is 11.8 Å². The van der Waals surface area contributed by atoms with Gasteiger partial charge in [-0.05, 0) is 43.3 Å². The van der Waals surface area contributed by atoms with Gasteiger partial charge in [0.2, 0.25) is 5.91 Å². The number of thioether (sulfide) groups is 1. The lowest BCUT2D eigenvalue weighted by Gasteiger charge is -2.28. The van der Waals surface area contributed by atoms with Gasteiger partial charge in [-0.3, -0.25) is 9.59 Å². The van der Waals surface area contributed by atoms with Gasteiger partial charge < -0.3 is 0 Å². The minimum absolute atomic E-state index is 0.156. The molecule has 6 heteroatoms. The molecule has 0 saturated carbocycles. The van der Waals surface area contributed by atoms with Crippen molar-refractivity contribution in [3.8, 4) is 0 Å². The Labute approximate surface area is 185 Å². The molecule has 1 aromatic heterocycles. The van der Waals surface area contributed by atoms with Crippen molar-refractivity contribution in [2.45, 2.75) is 18.7 Å². The zero-order valence-corrected chi connectivity index (χ0v) is 18.3. The number of amides is 1. The van der Waals surface area contributed by atoms with Crippen LogP contribution in [0, 0.1) is 12.8 Å². The van der Waals surface area contributed by atoms with Crippen molar-refractivity contribution in [3.63, 3.8) is 0 Å². The molecular weight excluding hydrogens is 406 g/mol. The van der Waals surface area contributed by atoms with Crippen LogP contribution in [-0.2, 0) is 4.79 Å². The average Bonchev–Trinajstić information content (AvgIpc) is 2.81. The smallest absolute Gasteiger partial charge is 0.272 e. The quantitative estimate of drug-likeness (QED) is 0.408. The summed E-state index contributed by atoms with van der Waals surface area (Å²) in [5, 5.41) is 1.95. The lowest BCUT2D eigenvalue weighted by molar-refractivity contribution is -0.122. The summed E-state index contributed by atoms with van der Waals surface area (Å²) in [5.41, 5.74) is 0.990. The highest BCUT2D eigenvalue weighted by molar-refractivity contribution is 7.99. The van der Waals surface area contributed by atoms with Gasteiger partial charge in [0.15, 0.2) is 0 Å². The van der Waals surface area contributed by atoms with Gasteiger partial charge >= 0.3 is 0 Å². The zero-order valence-electron chi connectivity index (χ0n) is 17.4. The molecule has 4 rings (SSSR count). The van der Waals surface area contributed by atoms with E-state index in [2.05, 4.69) is 4.98 Å². The molecule has 0 unspecified atom stereocenters.